The minimum atomic E-state index is -0.194. The number of hydrogen-bond acceptors (Lipinski definition) is 2. The molecule has 3 heteroatoms. The fourth-order valence-electron chi connectivity index (χ4n) is 2.21. The Labute approximate surface area is 86.9 Å². The number of fused-ring (bicyclic) bond motifs is 1. The molecule has 2 nitrogen and oxygen atoms in total. The Bertz CT molecular complexity index is 513. The number of rotatable bonds is 2. The predicted molar refractivity (Wildman–Crippen MR) is 56.1 cm³/mol. The van der Waals surface area contributed by atoms with Crippen LogP contribution in [0.1, 0.15) is 18.4 Å². The molecule has 0 unspecified atom stereocenters. The van der Waals surface area contributed by atoms with E-state index in [9.17, 15) is 4.39 Å². The van der Waals surface area contributed by atoms with E-state index in [0.29, 0.717) is 17.7 Å². The van der Waals surface area contributed by atoms with Gasteiger partial charge in [0.25, 0.3) is 0 Å². The predicted octanol–water partition coefficient (Wildman–Crippen LogP) is 2.56. The molecule has 1 aromatic heterocycles. The highest BCUT2D eigenvalue weighted by molar-refractivity contribution is 5.82. The van der Waals surface area contributed by atoms with Gasteiger partial charge in [0.1, 0.15) is 11.4 Å². The second-order valence-electron chi connectivity index (χ2n) is 4.25. The molecule has 1 saturated carbocycles. The quantitative estimate of drug-likeness (QED) is 0.818. The van der Waals surface area contributed by atoms with Crippen LogP contribution in [0.4, 0.5) is 4.39 Å². The molecule has 0 amide bonds. The monoisotopic (exact) mass is 205 g/mol. The number of benzene rings is 1. The normalized spacial score (nSPS) is 18.3. The molecule has 0 aliphatic heterocycles. The van der Waals surface area contributed by atoms with E-state index in [1.54, 1.807) is 12.3 Å². The minimum Gasteiger partial charge on any atom is -0.464 e. The van der Waals surface area contributed by atoms with Crippen LogP contribution in [0.25, 0.3) is 11.0 Å². The van der Waals surface area contributed by atoms with Crippen molar-refractivity contribution in [2.45, 2.75) is 18.3 Å². The molecule has 78 valence electrons. The molecule has 0 spiro atoms. The zero-order valence-corrected chi connectivity index (χ0v) is 8.29. The number of halogens is 1. The average Bonchev–Trinajstić information content (AvgIpc) is 2.88. The van der Waals surface area contributed by atoms with E-state index in [0.717, 1.165) is 18.2 Å². The van der Waals surface area contributed by atoms with Gasteiger partial charge in [-0.2, -0.15) is 0 Å². The number of nitrogens with two attached hydrogens (primary N) is 1. The van der Waals surface area contributed by atoms with Gasteiger partial charge in [-0.15, -0.1) is 0 Å². The molecule has 0 saturated heterocycles. The molecule has 1 fully saturated rings. The van der Waals surface area contributed by atoms with Crippen molar-refractivity contribution in [3.05, 3.63) is 35.8 Å². The van der Waals surface area contributed by atoms with Crippen LogP contribution in [0.5, 0.6) is 0 Å². The smallest absolute Gasteiger partial charge is 0.140 e. The zero-order chi connectivity index (χ0) is 10.5. The highest BCUT2D eigenvalue weighted by Crippen LogP contribution is 2.50. The molecule has 15 heavy (non-hydrogen) atoms. The molecular formula is C12H12FNO. The Morgan fingerprint density at radius 2 is 2.13 bits per heavy atom. The van der Waals surface area contributed by atoms with Crippen molar-refractivity contribution in [1.29, 1.82) is 0 Å². The summed E-state index contributed by atoms with van der Waals surface area (Å²) >= 11 is 0. The van der Waals surface area contributed by atoms with E-state index >= 15 is 0 Å². The lowest BCUT2D eigenvalue weighted by atomic mass is 9.94. The molecule has 1 aliphatic rings. The van der Waals surface area contributed by atoms with E-state index < -0.39 is 0 Å². The third-order valence-corrected chi connectivity index (χ3v) is 3.35. The second kappa shape index (κ2) is 2.83. The Hall–Kier alpha value is -1.35. The van der Waals surface area contributed by atoms with Crippen LogP contribution in [0.15, 0.2) is 28.9 Å². The van der Waals surface area contributed by atoms with Crippen molar-refractivity contribution in [1.82, 2.24) is 0 Å². The first-order valence-corrected chi connectivity index (χ1v) is 5.13. The molecule has 1 aliphatic carbocycles. The molecule has 2 N–H and O–H groups in total. The summed E-state index contributed by atoms with van der Waals surface area (Å²) in [5.41, 5.74) is 6.89. The molecule has 0 radical (unpaired) electrons. The van der Waals surface area contributed by atoms with Crippen molar-refractivity contribution in [2.24, 2.45) is 5.73 Å². The van der Waals surface area contributed by atoms with E-state index in [1.807, 2.05) is 6.07 Å². The van der Waals surface area contributed by atoms with Crippen molar-refractivity contribution in [3.63, 3.8) is 0 Å². The van der Waals surface area contributed by atoms with Crippen LogP contribution in [0.3, 0.4) is 0 Å². The summed E-state index contributed by atoms with van der Waals surface area (Å²) < 4.78 is 19.2. The highest BCUT2D eigenvalue weighted by atomic mass is 19.1. The Morgan fingerprint density at radius 3 is 2.80 bits per heavy atom. The first-order valence-electron chi connectivity index (χ1n) is 5.13. The first-order chi connectivity index (χ1) is 7.27. The summed E-state index contributed by atoms with van der Waals surface area (Å²) in [6, 6.07) is 5.10. The van der Waals surface area contributed by atoms with E-state index in [4.69, 9.17) is 10.2 Å². The van der Waals surface area contributed by atoms with E-state index in [2.05, 4.69) is 0 Å². The maximum Gasteiger partial charge on any atom is 0.140 e. The Morgan fingerprint density at radius 1 is 1.33 bits per heavy atom. The van der Waals surface area contributed by atoms with Gasteiger partial charge in [0.05, 0.1) is 6.26 Å². The number of hydrogen-bond donors (Lipinski definition) is 1. The van der Waals surface area contributed by atoms with E-state index in [-0.39, 0.29) is 11.2 Å². The van der Waals surface area contributed by atoms with Crippen LogP contribution in [-0.4, -0.2) is 6.54 Å². The lowest BCUT2D eigenvalue weighted by Gasteiger charge is -2.13. The van der Waals surface area contributed by atoms with Gasteiger partial charge >= 0.3 is 0 Å². The third-order valence-electron chi connectivity index (χ3n) is 3.35. The average molecular weight is 205 g/mol. The fraction of sp³-hybridized carbons (Fsp3) is 0.333. The van der Waals surface area contributed by atoms with Crippen LogP contribution in [-0.2, 0) is 5.41 Å². The van der Waals surface area contributed by atoms with Crippen molar-refractivity contribution < 1.29 is 8.81 Å². The van der Waals surface area contributed by atoms with E-state index in [1.165, 1.54) is 6.07 Å². The van der Waals surface area contributed by atoms with Crippen LogP contribution in [0, 0.1) is 5.82 Å². The Kier molecular flexibility index (Phi) is 1.68. The standard InChI is InChI=1S/C12H12FNO/c13-9-2-1-8-3-6-15-11(8)10(9)12(7-14)4-5-12/h1-3,6H,4-5,7,14H2. The van der Waals surface area contributed by atoms with Crippen molar-refractivity contribution in [2.75, 3.05) is 6.54 Å². The third kappa shape index (κ3) is 1.13. The molecule has 1 aromatic carbocycles. The summed E-state index contributed by atoms with van der Waals surface area (Å²) in [4.78, 5) is 0. The van der Waals surface area contributed by atoms with Crippen molar-refractivity contribution >= 4 is 11.0 Å². The Balaban J connectivity index is 2.32. The van der Waals surface area contributed by atoms with Crippen LogP contribution >= 0.6 is 0 Å². The molecule has 1 heterocycles. The van der Waals surface area contributed by atoms with Crippen LogP contribution in [0.2, 0.25) is 0 Å². The summed E-state index contributed by atoms with van der Waals surface area (Å²) in [5, 5.41) is 0.950. The molecule has 0 bridgehead atoms. The molecule has 2 aromatic rings. The summed E-state index contributed by atoms with van der Waals surface area (Å²) in [6.07, 6.45) is 3.51. The molecule has 3 rings (SSSR count). The van der Waals surface area contributed by atoms with Gasteiger partial charge < -0.3 is 10.2 Å². The van der Waals surface area contributed by atoms with Gasteiger partial charge in [0.2, 0.25) is 0 Å². The summed E-state index contributed by atoms with van der Waals surface area (Å²) in [6.45, 7) is 0.490. The minimum absolute atomic E-state index is 0.165. The SMILES string of the molecule is NCC1(c2c(F)ccc3ccoc23)CC1. The fourth-order valence-corrected chi connectivity index (χ4v) is 2.21. The lowest BCUT2D eigenvalue weighted by molar-refractivity contribution is 0.551. The van der Waals surface area contributed by atoms with Gasteiger partial charge in [0, 0.05) is 22.9 Å². The maximum atomic E-state index is 13.8. The first kappa shape index (κ1) is 8.92. The van der Waals surface area contributed by atoms with Crippen LogP contribution < -0.4 is 5.73 Å². The van der Waals surface area contributed by atoms with Gasteiger partial charge in [-0.25, -0.2) is 4.39 Å². The maximum absolute atomic E-state index is 13.8. The second-order valence-corrected chi connectivity index (χ2v) is 4.25. The van der Waals surface area contributed by atoms with Crippen molar-refractivity contribution in [3.8, 4) is 0 Å². The zero-order valence-electron chi connectivity index (χ0n) is 8.29. The van der Waals surface area contributed by atoms with Gasteiger partial charge in [-0.05, 0) is 31.0 Å². The summed E-state index contributed by atoms with van der Waals surface area (Å²) in [7, 11) is 0. The summed E-state index contributed by atoms with van der Waals surface area (Å²) in [5.74, 6) is -0.194. The molecule has 0 atom stereocenters. The van der Waals surface area contributed by atoms with Gasteiger partial charge in [-0.1, -0.05) is 0 Å². The number of furan rings is 1. The van der Waals surface area contributed by atoms with Gasteiger partial charge in [-0.3, -0.25) is 0 Å². The largest absolute Gasteiger partial charge is 0.464 e. The molecular weight excluding hydrogens is 193 g/mol. The highest BCUT2D eigenvalue weighted by Gasteiger charge is 2.46. The topological polar surface area (TPSA) is 39.2 Å². The lowest BCUT2D eigenvalue weighted by Crippen LogP contribution is -2.21. The van der Waals surface area contributed by atoms with Gasteiger partial charge in [0.15, 0.2) is 0 Å².